The molecule has 0 bridgehead atoms. The zero-order valence-corrected chi connectivity index (χ0v) is 6.91. The van der Waals surface area contributed by atoms with Gasteiger partial charge in [0.25, 0.3) is 0 Å². The summed E-state index contributed by atoms with van der Waals surface area (Å²) in [4.78, 5) is 2.04. The van der Waals surface area contributed by atoms with Crippen LogP contribution in [-0.2, 0) is 0 Å². The van der Waals surface area contributed by atoms with Crippen LogP contribution in [0.25, 0.3) is 0 Å². The summed E-state index contributed by atoms with van der Waals surface area (Å²) in [6.45, 7) is 6.14. The lowest BCUT2D eigenvalue weighted by Gasteiger charge is -2.07. The van der Waals surface area contributed by atoms with Gasteiger partial charge < -0.3 is 4.90 Å². The smallest absolute Gasteiger partial charge is 0.0394 e. The molecule has 0 aliphatic heterocycles. The summed E-state index contributed by atoms with van der Waals surface area (Å²) in [5.41, 5.74) is 0. The van der Waals surface area contributed by atoms with E-state index in [9.17, 15) is 0 Å². The van der Waals surface area contributed by atoms with Crippen molar-refractivity contribution in [2.24, 2.45) is 0 Å². The second kappa shape index (κ2) is 10.3. The highest BCUT2D eigenvalue weighted by atomic mass is 32.1. The van der Waals surface area contributed by atoms with E-state index >= 15 is 0 Å². The quantitative estimate of drug-likeness (QED) is 0.565. The molecule has 1 nitrogen and oxygen atoms in total. The van der Waals surface area contributed by atoms with Crippen LogP contribution in [0.4, 0.5) is 0 Å². The molecule has 0 aliphatic rings. The SMILES string of the molecule is CS.[3H]CN(CC)CC. The second-order valence-corrected chi connectivity index (χ2v) is 1.30. The molecule has 0 fully saturated rings. The minimum Gasteiger partial charge on any atom is -0.307 e. The molecule has 0 aromatic heterocycles. The van der Waals surface area contributed by atoms with E-state index in [0.717, 1.165) is 13.1 Å². The summed E-state index contributed by atoms with van der Waals surface area (Å²) in [6.07, 6.45) is 1.69. The van der Waals surface area contributed by atoms with Crippen LogP contribution in [0.15, 0.2) is 0 Å². The largest absolute Gasteiger partial charge is 0.307 e. The average molecular weight is 137 g/mol. The molecule has 0 spiro atoms. The third kappa shape index (κ3) is 9.58. The maximum absolute atomic E-state index is 6.89. The number of thiol groups is 1. The topological polar surface area (TPSA) is 3.24 Å². The van der Waals surface area contributed by atoms with Gasteiger partial charge in [-0.25, -0.2) is 0 Å². The van der Waals surface area contributed by atoms with Gasteiger partial charge in [0.1, 0.15) is 0 Å². The van der Waals surface area contributed by atoms with Crippen LogP contribution in [0.3, 0.4) is 0 Å². The Balaban J connectivity index is 0. The summed E-state index contributed by atoms with van der Waals surface area (Å²) in [5.74, 6) is 0. The Kier molecular flexibility index (Phi) is 10.7. The zero-order chi connectivity index (χ0) is 7.70. The summed E-state index contributed by atoms with van der Waals surface area (Å²) < 4.78 is 6.89. The van der Waals surface area contributed by atoms with Crippen LogP contribution in [0.1, 0.15) is 15.2 Å². The molecule has 0 aliphatic carbocycles. The predicted molar refractivity (Wildman–Crippen MR) is 43.8 cm³/mol. The Bertz CT molecular complexity index is 34.5. The Morgan fingerprint density at radius 3 is 1.75 bits per heavy atom. The monoisotopic (exact) mass is 137 g/mol. The van der Waals surface area contributed by atoms with E-state index in [1.807, 2.05) is 4.90 Å². The van der Waals surface area contributed by atoms with Gasteiger partial charge >= 0.3 is 0 Å². The van der Waals surface area contributed by atoms with Gasteiger partial charge in [-0.15, -0.1) is 0 Å². The summed E-state index contributed by atoms with van der Waals surface area (Å²) in [5, 5.41) is 0. The van der Waals surface area contributed by atoms with Crippen molar-refractivity contribution in [3.63, 3.8) is 0 Å². The molecule has 0 unspecified atom stereocenters. The standard InChI is InChI=1S/C5H13N.CH4S/c1-4-6(3)5-2;1-2/h4-5H2,1-3H3;2H,1H3/i3T;. The van der Waals surface area contributed by atoms with Crippen molar-refractivity contribution >= 4 is 12.6 Å². The molecule has 2 heteroatoms. The van der Waals surface area contributed by atoms with Crippen LogP contribution in [-0.4, -0.2) is 31.3 Å². The van der Waals surface area contributed by atoms with Crippen LogP contribution >= 0.6 is 12.6 Å². The van der Waals surface area contributed by atoms with Gasteiger partial charge in [-0.1, -0.05) is 13.8 Å². The van der Waals surface area contributed by atoms with Gasteiger partial charge in [-0.2, -0.15) is 12.6 Å². The number of nitrogens with zero attached hydrogens (tertiary/aromatic N) is 1. The lowest BCUT2D eigenvalue weighted by molar-refractivity contribution is 0.373. The number of rotatable bonds is 2. The first kappa shape index (κ1) is 8.31. The fourth-order valence-electron chi connectivity index (χ4n) is 0.224. The maximum Gasteiger partial charge on any atom is 0.0394 e. The predicted octanol–water partition coefficient (Wildman–Crippen LogP) is 1.50. The van der Waals surface area contributed by atoms with Gasteiger partial charge in [0.05, 0.1) is 0 Å². The first-order valence-electron chi connectivity index (χ1n) is 3.52. The number of hydrogen-bond acceptors (Lipinski definition) is 2. The van der Waals surface area contributed by atoms with Crippen molar-refractivity contribution in [3.05, 3.63) is 0 Å². The molecule has 0 aromatic rings. The van der Waals surface area contributed by atoms with Crippen molar-refractivity contribution in [1.82, 2.24) is 4.90 Å². The molecule has 0 aromatic carbocycles. The van der Waals surface area contributed by atoms with E-state index in [-0.39, 0.29) is 0 Å². The van der Waals surface area contributed by atoms with Gasteiger partial charge in [0.2, 0.25) is 0 Å². The van der Waals surface area contributed by atoms with Crippen molar-refractivity contribution in [1.29, 1.82) is 0 Å². The van der Waals surface area contributed by atoms with E-state index in [4.69, 9.17) is 1.37 Å². The van der Waals surface area contributed by atoms with Gasteiger partial charge in [0.15, 0.2) is 0 Å². The van der Waals surface area contributed by atoms with E-state index in [0.29, 0.717) is 7.02 Å². The molecule has 0 N–H and O–H groups in total. The molecule has 0 radical (unpaired) electrons. The van der Waals surface area contributed by atoms with Crippen molar-refractivity contribution in [2.45, 2.75) is 13.8 Å². The van der Waals surface area contributed by atoms with Crippen LogP contribution in [0.5, 0.6) is 0 Å². The zero-order valence-electron chi connectivity index (χ0n) is 7.02. The summed E-state index contributed by atoms with van der Waals surface area (Å²) in [6, 6.07) is 0. The van der Waals surface area contributed by atoms with Gasteiger partial charge in [-0.05, 0) is 26.4 Å². The molecule has 0 heterocycles. The fourth-order valence-corrected chi connectivity index (χ4v) is 0.224. The Labute approximate surface area is 59.9 Å². The summed E-state index contributed by atoms with van der Waals surface area (Å²) >= 11 is 3.53. The van der Waals surface area contributed by atoms with Crippen LogP contribution < -0.4 is 0 Å². The molecule has 0 saturated carbocycles. The third-order valence-corrected chi connectivity index (χ3v) is 0.894. The van der Waals surface area contributed by atoms with Gasteiger partial charge in [0, 0.05) is 1.37 Å². The molecule has 0 rings (SSSR count). The van der Waals surface area contributed by atoms with E-state index in [1.165, 1.54) is 0 Å². The molecular formula is C6H17NS. The first-order chi connectivity index (χ1) is 4.35. The molecule has 0 saturated heterocycles. The molecule has 0 amide bonds. The van der Waals surface area contributed by atoms with E-state index in [1.54, 1.807) is 6.26 Å². The highest BCUT2D eigenvalue weighted by Gasteiger charge is 1.81. The Morgan fingerprint density at radius 2 is 1.75 bits per heavy atom. The third-order valence-electron chi connectivity index (χ3n) is 0.894. The average Bonchev–Trinajstić information content (AvgIpc) is 1.96. The summed E-state index contributed by atoms with van der Waals surface area (Å²) in [7, 11) is 0.438. The molecule has 52 valence electrons. The maximum atomic E-state index is 6.89. The molecule has 8 heavy (non-hydrogen) atoms. The van der Waals surface area contributed by atoms with E-state index < -0.39 is 0 Å². The minimum atomic E-state index is 0.438. The minimum absolute atomic E-state index is 0.438. The molecular weight excluding hydrogens is 118 g/mol. The highest BCUT2D eigenvalue weighted by Crippen LogP contribution is 1.73. The lowest BCUT2D eigenvalue weighted by Crippen LogP contribution is -2.15. The van der Waals surface area contributed by atoms with E-state index in [2.05, 4.69) is 26.5 Å². The van der Waals surface area contributed by atoms with Crippen molar-refractivity contribution < 1.29 is 1.37 Å². The van der Waals surface area contributed by atoms with Crippen LogP contribution in [0.2, 0.25) is 0 Å². The normalized spacial score (nSPS) is 9.88. The van der Waals surface area contributed by atoms with Crippen LogP contribution in [0, 0.1) is 0 Å². The second-order valence-electron chi connectivity index (χ2n) is 1.30. The van der Waals surface area contributed by atoms with Crippen molar-refractivity contribution in [2.75, 3.05) is 26.4 Å². The Hall–Kier alpha value is 0.310. The highest BCUT2D eigenvalue weighted by molar-refractivity contribution is 7.79. The van der Waals surface area contributed by atoms with Gasteiger partial charge in [-0.3, -0.25) is 0 Å². The Morgan fingerprint density at radius 1 is 1.38 bits per heavy atom. The molecule has 0 atom stereocenters. The van der Waals surface area contributed by atoms with Crippen molar-refractivity contribution in [3.8, 4) is 0 Å². The first-order valence-corrected chi connectivity index (χ1v) is 3.70. The number of hydrogen-bond donors (Lipinski definition) is 1. The fraction of sp³-hybridized carbons (Fsp3) is 1.00. The lowest BCUT2D eigenvalue weighted by atomic mass is 10.6.